The smallest absolute Gasteiger partial charge is 0.303 e. The van der Waals surface area contributed by atoms with Gasteiger partial charge in [0, 0.05) is 26.1 Å². The first-order valence-corrected chi connectivity index (χ1v) is 4.31. The summed E-state index contributed by atoms with van der Waals surface area (Å²) in [6.07, 6.45) is -0.0525. The number of carboxylic acid groups (broad SMARTS) is 1. The van der Waals surface area contributed by atoms with E-state index in [1.54, 1.807) is 4.90 Å². The molecule has 0 rings (SSSR count). The first-order valence-electron chi connectivity index (χ1n) is 4.31. The number of nitrogens with two attached hydrogens (primary N) is 1. The van der Waals surface area contributed by atoms with Crippen LogP contribution in [0.15, 0.2) is 0 Å². The first kappa shape index (κ1) is 11.9. The Hall–Kier alpha value is -1.10. The molecule has 0 radical (unpaired) electrons. The second-order valence-electron chi connectivity index (χ2n) is 2.66. The van der Waals surface area contributed by atoms with Gasteiger partial charge in [-0.1, -0.05) is 0 Å². The molecule has 0 aromatic heterocycles. The minimum absolute atomic E-state index is 0.0587. The van der Waals surface area contributed by atoms with Crippen LogP contribution in [0, 0.1) is 0 Å². The predicted molar refractivity (Wildman–Crippen MR) is 48.2 cm³/mol. The lowest BCUT2D eigenvalue weighted by Gasteiger charge is -2.19. The van der Waals surface area contributed by atoms with Crippen molar-refractivity contribution in [3.63, 3.8) is 0 Å². The van der Waals surface area contributed by atoms with Gasteiger partial charge in [-0.3, -0.25) is 9.59 Å². The maximum Gasteiger partial charge on any atom is 0.303 e. The molecule has 13 heavy (non-hydrogen) atoms. The predicted octanol–water partition coefficient (Wildman–Crippen LogP) is -0.342. The van der Waals surface area contributed by atoms with Gasteiger partial charge in [0.1, 0.15) is 0 Å². The van der Waals surface area contributed by atoms with Gasteiger partial charge in [-0.15, -0.1) is 0 Å². The van der Waals surface area contributed by atoms with Crippen molar-refractivity contribution in [1.29, 1.82) is 0 Å². The molecule has 0 aliphatic rings. The van der Waals surface area contributed by atoms with Gasteiger partial charge in [0.15, 0.2) is 0 Å². The van der Waals surface area contributed by atoms with Crippen molar-refractivity contribution < 1.29 is 14.7 Å². The van der Waals surface area contributed by atoms with E-state index in [2.05, 4.69) is 0 Å². The topological polar surface area (TPSA) is 83.6 Å². The molecule has 0 aromatic carbocycles. The zero-order valence-corrected chi connectivity index (χ0v) is 7.82. The highest BCUT2D eigenvalue weighted by molar-refractivity contribution is 5.80. The van der Waals surface area contributed by atoms with E-state index in [0.29, 0.717) is 19.6 Å². The van der Waals surface area contributed by atoms with E-state index in [0.717, 1.165) is 0 Å². The zero-order chi connectivity index (χ0) is 10.3. The Morgan fingerprint density at radius 3 is 2.38 bits per heavy atom. The minimum atomic E-state index is -0.947. The van der Waals surface area contributed by atoms with Gasteiger partial charge < -0.3 is 15.7 Å². The lowest BCUT2D eigenvalue weighted by Crippen LogP contribution is -2.35. The molecule has 0 aromatic rings. The fourth-order valence-corrected chi connectivity index (χ4v) is 0.987. The molecule has 0 heterocycles. The van der Waals surface area contributed by atoms with Crippen LogP contribution in [0.25, 0.3) is 0 Å². The van der Waals surface area contributed by atoms with Gasteiger partial charge in [-0.05, 0) is 6.92 Å². The summed E-state index contributed by atoms with van der Waals surface area (Å²) in [5, 5.41) is 8.35. The highest BCUT2D eigenvalue weighted by atomic mass is 16.4. The third kappa shape index (κ3) is 5.19. The number of carbonyl (C=O) groups is 2. The second kappa shape index (κ2) is 6.42. The molecule has 5 heteroatoms. The van der Waals surface area contributed by atoms with Gasteiger partial charge in [0.2, 0.25) is 5.91 Å². The Morgan fingerprint density at radius 2 is 2.00 bits per heavy atom. The van der Waals surface area contributed by atoms with Crippen molar-refractivity contribution >= 4 is 11.9 Å². The van der Waals surface area contributed by atoms with E-state index in [1.165, 1.54) is 0 Å². The SMILES string of the molecule is CCN(CCN)C(=O)CCC(=O)O. The molecule has 0 aliphatic carbocycles. The van der Waals surface area contributed by atoms with E-state index < -0.39 is 5.97 Å². The van der Waals surface area contributed by atoms with Gasteiger partial charge in [0.25, 0.3) is 0 Å². The molecule has 0 saturated heterocycles. The summed E-state index contributed by atoms with van der Waals surface area (Å²) < 4.78 is 0. The zero-order valence-electron chi connectivity index (χ0n) is 7.82. The van der Waals surface area contributed by atoms with Crippen molar-refractivity contribution in [2.45, 2.75) is 19.8 Å². The van der Waals surface area contributed by atoms with Crippen molar-refractivity contribution in [1.82, 2.24) is 4.90 Å². The Kier molecular flexibility index (Phi) is 5.88. The van der Waals surface area contributed by atoms with E-state index in [4.69, 9.17) is 10.8 Å². The molecule has 0 bridgehead atoms. The molecular formula is C8H16N2O3. The Labute approximate surface area is 77.5 Å². The minimum Gasteiger partial charge on any atom is -0.481 e. The molecule has 0 spiro atoms. The van der Waals surface area contributed by atoms with Crippen LogP contribution in [0.4, 0.5) is 0 Å². The average molecular weight is 188 g/mol. The molecule has 76 valence electrons. The number of nitrogens with zero attached hydrogens (tertiary/aromatic N) is 1. The van der Waals surface area contributed by atoms with Gasteiger partial charge in [-0.2, -0.15) is 0 Å². The number of hydrogen-bond acceptors (Lipinski definition) is 3. The number of hydrogen-bond donors (Lipinski definition) is 2. The summed E-state index contributed by atoms with van der Waals surface area (Å²) in [6.45, 7) is 3.32. The molecule has 1 amide bonds. The quantitative estimate of drug-likeness (QED) is 0.597. The molecule has 0 aliphatic heterocycles. The Morgan fingerprint density at radius 1 is 1.38 bits per heavy atom. The monoisotopic (exact) mass is 188 g/mol. The van der Waals surface area contributed by atoms with Crippen LogP contribution in [0.1, 0.15) is 19.8 Å². The van der Waals surface area contributed by atoms with Crippen LogP contribution in [-0.2, 0) is 9.59 Å². The fourth-order valence-electron chi connectivity index (χ4n) is 0.987. The number of likely N-dealkylation sites (N-methyl/N-ethyl adjacent to an activating group) is 1. The summed E-state index contributed by atoms with van der Waals surface area (Å²) in [5.74, 6) is -1.09. The molecular weight excluding hydrogens is 172 g/mol. The van der Waals surface area contributed by atoms with E-state index >= 15 is 0 Å². The average Bonchev–Trinajstić information content (AvgIpc) is 2.10. The Balaban J connectivity index is 3.84. The van der Waals surface area contributed by atoms with Crippen LogP contribution in [0.5, 0.6) is 0 Å². The van der Waals surface area contributed by atoms with Crippen LogP contribution in [-0.4, -0.2) is 41.5 Å². The highest BCUT2D eigenvalue weighted by Crippen LogP contribution is 1.97. The number of amides is 1. The largest absolute Gasteiger partial charge is 0.481 e. The standard InChI is InChI=1S/C8H16N2O3/c1-2-10(6-5-9)7(11)3-4-8(12)13/h2-6,9H2,1H3,(H,12,13). The van der Waals surface area contributed by atoms with Gasteiger partial charge >= 0.3 is 5.97 Å². The molecule has 5 nitrogen and oxygen atoms in total. The summed E-state index contributed by atoms with van der Waals surface area (Å²) in [7, 11) is 0. The highest BCUT2D eigenvalue weighted by Gasteiger charge is 2.11. The van der Waals surface area contributed by atoms with E-state index in [9.17, 15) is 9.59 Å². The number of rotatable bonds is 6. The van der Waals surface area contributed by atoms with Crippen LogP contribution < -0.4 is 5.73 Å². The van der Waals surface area contributed by atoms with Crippen molar-refractivity contribution in [2.24, 2.45) is 5.73 Å². The van der Waals surface area contributed by atoms with Crippen LogP contribution in [0.3, 0.4) is 0 Å². The Bertz CT molecular complexity index is 182. The van der Waals surface area contributed by atoms with E-state index in [-0.39, 0.29) is 18.7 Å². The van der Waals surface area contributed by atoms with E-state index in [1.807, 2.05) is 6.92 Å². The summed E-state index contributed by atoms with van der Waals surface area (Å²) in [4.78, 5) is 23.0. The van der Waals surface area contributed by atoms with Crippen molar-refractivity contribution in [3.8, 4) is 0 Å². The number of carboxylic acids is 1. The summed E-state index contributed by atoms with van der Waals surface area (Å²) in [5.41, 5.74) is 5.29. The molecule has 0 unspecified atom stereocenters. The number of carbonyl (C=O) groups excluding carboxylic acids is 1. The van der Waals surface area contributed by atoms with Gasteiger partial charge in [-0.25, -0.2) is 0 Å². The fraction of sp³-hybridized carbons (Fsp3) is 0.750. The maximum absolute atomic E-state index is 11.3. The number of aliphatic carboxylic acids is 1. The van der Waals surface area contributed by atoms with Crippen LogP contribution in [0.2, 0.25) is 0 Å². The molecule has 0 fully saturated rings. The van der Waals surface area contributed by atoms with Crippen LogP contribution >= 0.6 is 0 Å². The van der Waals surface area contributed by atoms with Crippen molar-refractivity contribution in [3.05, 3.63) is 0 Å². The first-order chi connectivity index (χ1) is 6.11. The lowest BCUT2D eigenvalue weighted by molar-refractivity contribution is -0.140. The van der Waals surface area contributed by atoms with Gasteiger partial charge in [0.05, 0.1) is 6.42 Å². The third-order valence-electron chi connectivity index (χ3n) is 1.69. The second-order valence-corrected chi connectivity index (χ2v) is 2.66. The summed E-state index contributed by atoms with van der Waals surface area (Å²) in [6, 6.07) is 0. The molecule has 0 atom stereocenters. The lowest BCUT2D eigenvalue weighted by atomic mass is 10.2. The third-order valence-corrected chi connectivity index (χ3v) is 1.69. The molecule has 0 saturated carbocycles. The maximum atomic E-state index is 11.3. The molecule has 3 N–H and O–H groups in total. The summed E-state index contributed by atoms with van der Waals surface area (Å²) >= 11 is 0. The normalized spacial score (nSPS) is 9.69. The van der Waals surface area contributed by atoms with Crippen molar-refractivity contribution in [2.75, 3.05) is 19.6 Å².